The van der Waals surface area contributed by atoms with Crippen molar-refractivity contribution in [3.63, 3.8) is 0 Å². The highest BCUT2D eigenvalue weighted by Crippen LogP contribution is 2.16. The fraction of sp³-hybridized carbons (Fsp3) is 0.310. The quantitative estimate of drug-likeness (QED) is 0.142. The molecule has 0 bridgehead atoms. The Morgan fingerprint density at radius 3 is 1.26 bits per heavy atom. The number of rotatable bonds is 14. The smallest absolute Gasteiger partial charge is 0.411 e. The molecule has 0 heterocycles. The van der Waals surface area contributed by atoms with Crippen LogP contribution in [0.15, 0.2) is 72.8 Å². The number of esters is 2. The van der Waals surface area contributed by atoms with Crippen LogP contribution in [0.1, 0.15) is 37.8 Å². The van der Waals surface area contributed by atoms with Gasteiger partial charge in [0.05, 0.1) is 26.4 Å². The molecule has 208 valence electrons. The Hall–Kier alpha value is -4.60. The second kappa shape index (κ2) is 16.3. The third-order valence-electron chi connectivity index (χ3n) is 5.02. The maximum absolute atomic E-state index is 11.9. The van der Waals surface area contributed by atoms with Crippen LogP contribution in [0.4, 0.5) is 21.0 Å². The molecular weight excluding hydrogens is 504 g/mol. The number of hydrogen-bond donors (Lipinski definition) is 2. The predicted molar refractivity (Wildman–Crippen MR) is 146 cm³/mol. The summed E-state index contributed by atoms with van der Waals surface area (Å²) in [5.74, 6) is -0.943. The van der Waals surface area contributed by atoms with Crippen LogP contribution in [0.25, 0.3) is 0 Å². The average Bonchev–Trinajstić information content (AvgIpc) is 2.90. The Kier molecular flexibility index (Phi) is 12.8. The van der Waals surface area contributed by atoms with Crippen molar-refractivity contribution in [1.29, 1.82) is 0 Å². The molecule has 0 fully saturated rings. The summed E-state index contributed by atoms with van der Waals surface area (Å²) in [7, 11) is 0. The molecule has 10 nitrogen and oxygen atoms in total. The lowest BCUT2D eigenvalue weighted by molar-refractivity contribution is -0.140. The Balaban J connectivity index is 1.67. The molecule has 2 aromatic carbocycles. The highest BCUT2D eigenvalue weighted by Gasteiger charge is 2.07. The number of amides is 2. The highest BCUT2D eigenvalue weighted by molar-refractivity contribution is 5.87. The molecule has 0 aliphatic carbocycles. The lowest BCUT2D eigenvalue weighted by Gasteiger charge is -2.09. The van der Waals surface area contributed by atoms with Crippen LogP contribution < -0.4 is 10.6 Å². The highest BCUT2D eigenvalue weighted by atomic mass is 16.6. The van der Waals surface area contributed by atoms with E-state index in [2.05, 4.69) is 23.8 Å². The van der Waals surface area contributed by atoms with E-state index in [1.165, 1.54) is 0 Å². The van der Waals surface area contributed by atoms with E-state index in [-0.39, 0.29) is 26.4 Å². The number of benzene rings is 2. The monoisotopic (exact) mass is 538 g/mol. The van der Waals surface area contributed by atoms with Crippen LogP contribution in [0.2, 0.25) is 0 Å². The first-order chi connectivity index (χ1) is 18.6. The molecule has 0 radical (unpaired) electrons. The van der Waals surface area contributed by atoms with Crippen LogP contribution in [-0.4, -0.2) is 50.6 Å². The molecule has 0 atom stereocenters. The van der Waals surface area contributed by atoms with Crippen molar-refractivity contribution in [3.05, 3.63) is 84.0 Å². The van der Waals surface area contributed by atoms with Gasteiger partial charge in [0.15, 0.2) is 0 Å². The number of ether oxygens (including phenoxy) is 4. The normalized spacial score (nSPS) is 10.1. The number of carbonyl (C=O) groups excluding carboxylic acids is 4. The standard InChI is InChI=1S/C29H34N2O8/c1-20(2)26(32)36-15-5-17-38-28(34)30-24-11-7-22(8-12-24)19-23-9-13-25(14-10-23)31-29(35)39-18-6-16-37-27(33)21(3)4/h7-14H,1,3,5-6,15-19H2,2,4H3,(H,30,34)(H,31,35). The summed E-state index contributed by atoms with van der Waals surface area (Å²) in [4.78, 5) is 46.4. The Morgan fingerprint density at radius 1 is 0.590 bits per heavy atom. The van der Waals surface area contributed by atoms with Crippen LogP contribution in [0, 0.1) is 0 Å². The summed E-state index contributed by atoms with van der Waals surface area (Å²) >= 11 is 0. The van der Waals surface area contributed by atoms with Gasteiger partial charge in [0, 0.05) is 35.4 Å². The zero-order valence-corrected chi connectivity index (χ0v) is 22.2. The van der Waals surface area contributed by atoms with Gasteiger partial charge in [0.25, 0.3) is 0 Å². The summed E-state index contributed by atoms with van der Waals surface area (Å²) in [5.41, 5.74) is 3.87. The van der Waals surface area contributed by atoms with E-state index in [4.69, 9.17) is 18.9 Å². The van der Waals surface area contributed by atoms with Gasteiger partial charge in [0.1, 0.15) is 0 Å². The number of anilines is 2. The predicted octanol–water partition coefficient (Wildman–Crippen LogP) is 5.39. The van der Waals surface area contributed by atoms with Gasteiger partial charge < -0.3 is 18.9 Å². The molecule has 39 heavy (non-hydrogen) atoms. The molecule has 2 aromatic rings. The van der Waals surface area contributed by atoms with E-state index in [9.17, 15) is 19.2 Å². The molecule has 0 saturated carbocycles. The van der Waals surface area contributed by atoms with Gasteiger partial charge in [-0.2, -0.15) is 0 Å². The molecule has 2 amide bonds. The molecule has 0 aliphatic heterocycles. The molecule has 0 spiro atoms. The summed E-state index contributed by atoms with van der Waals surface area (Å²) < 4.78 is 20.0. The first-order valence-corrected chi connectivity index (χ1v) is 12.3. The Bertz CT molecular complexity index is 1070. The maximum Gasteiger partial charge on any atom is 0.411 e. The molecule has 2 rings (SSSR count). The van der Waals surface area contributed by atoms with Crippen molar-refractivity contribution in [2.75, 3.05) is 37.1 Å². The molecule has 2 N–H and O–H groups in total. The first-order valence-electron chi connectivity index (χ1n) is 12.3. The van der Waals surface area contributed by atoms with E-state index < -0.39 is 24.1 Å². The minimum absolute atomic E-state index is 0.114. The summed E-state index contributed by atoms with van der Waals surface area (Å²) in [6.07, 6.45) is 0.232. The van der Waals surface area contributed by atoms with E-state index in [0.717, 1.165) is 11.1 Å². The van der Waals surface area contributed by atoms with Gasteiger partial charge >= 0.3 is 24.1 Å². The van der Waals surface area contributed by atoms with Crippen molar-refractivity contribution >= 4 is 35.5 Å². The first kappa shape index (κ1) is 30.6. The second-order valence-electron chi connectivity index (χ2n) is 8.63. The number of carbonyl (C=O) groups is 4. The maximum atomic E-state index is 11.9. The second-order valence-corrected chi connectivity index (χ2v) is 8.63. The summed E-state index contributed by atoms with van der Waals surface area (Å²) in [6, 6.07) is 14.7. The molecule has 0 aliphatic rings. The lowest BCUT2D eigenvalue weighted by Crippen LogP contribution is -2.16. The molecular formula is C29H34N2O8. The van der Waals surface area contributed by atoms with Crippen molar-refractivity contribution in [2.45, 2.75) is 33.1 Å². The zero-order chi connectivity index (χ0) is 28.6. The molecule has 10 heteroatoms. The SMILES string of the molecule is C=C(C)C(=O)OCCCOC(=O)Nc1ccc(Cc2ccc(NC(=O)OCCCOC(=O)C(=C)C)cc2)cc1. The van der Waals surface area contributed by atoms with Crippen LogP contribution in [0.3, 0.4) is 0 Å². The van der Waals surface area contributed by atoms with Crippen molar-refractivity contribution < 1.29 is 38.1 Å². The summed E-state index contributed by atoms with van der Waals surface area (Å²) in [5, 5.41) is 5.29. The van der Waals surface area contributed by atoms with E-state index >= 15 is 0 Å². The Labute approximate surface area is 228 Å². The van der Waals surface area contributed by atoms with Crippen LogP contribution in [0.5, 0.6) is 0 Å². The van der Waals surface area contributed by atoms with Gasteiger partial charge in [0.2, 0.25) is 0 Å². The van der Waals surface area contributed by atoms with E-state index in [0.29, 0.717) is 41.8 Å². The Morgan fingerprint density at radius 2 is 0.923 bits per heavy atom. The van der Waals surface area contributed by atoms with Gasteiger partial charge in [-0.1, -0.05) is 37.4 Å². The average molecular weight is 539 g/mol. The third kappa shape index (κ3) is 12.5. The van der Waals surface area contributed by atoms with Crippen LogP contribution in [-0.2, 0) is 35.0 Å². The van der Waals surface area contributed by atoms with Gasteiger partial charge in [-0.15, -0.1) is 0 Å². The third-order valence-corrected chi connectivity index (χ3v) is 5.02. The molecule has 0 aromatic heterocycles. The number of nitrogens with one attached hydrogen (secondary N) is 2. The minimum atomic E-state index is -0.596. The van der Waals surface area contributed by atoms with Crippen LogP contribution >= 0.6 is 0 Å². The largest absolute Gasteiger partial charge is 0.462 e. The van der Waals surface area contributed by atoms with Gasteiger partial charge in [-0.25, -0.2) is 19.2 Å². The minimum Gasteiger partial charge on any atom is -0.462 e. The van der Waals surface area contributed by atoms with Crippen molar-refractivity contribution in [2.24, 2.45) is 0 Å². The van der Waals surface area contributed by atoms with Crippen molar-refractivity contribution in [1.82, 2.24) is 0 Å². The topological polar surface area (TPSA) is 129 Å². The fourth-order valence-corrected chi connectivity index (χ4v) is 2.98. The zero-order valence-electron chi connectivity index (χ0n) is 22.2. The summed E-state index contributed by atoms with van der Waals surface area (Å²) in [6.45, 7) is 10.6. The van der Waals surface area contributed by atoms with Crippen molar-refractivity contribution in [3.8, 4) is 0 Å². The lowest BCUT2D eigenvalue weighted by atomic mass is 10.0. The fourth-order valence-electron chi connectivity index (χ4n) is 2.98. The number of hydrogen-bond acceptors (Lipinski definition) is 8. The van der Waals surface area contributed by atoms with Gasteiger partial charge in [-0.3, -0.25) is 10.6 Å². The van der Waals surface area contributed by atoms with Gasteiger partial charge in [-0.05, 0) is 55.7 Å². The molecule has 0 unspecified atom stereocenters. The molecule has 0 saturated heterocycles. The van der Waals surface area contributed by atoms with E-state index in [1.54, 1.807) is 38.1 Å². The van der Waals surface area contributed by atoms with E-state index in [1.807, 2.05) is 24.3 Å².